The molecular weight excluding hydrogens is 319 g/mol. The smallest absolute Gasteiger partial charge is 0.272 e. The zero-order valence-corrected chi connectivity index (χ0v) is 13.7. The molecule has 1 heterocycles. The molecule has 0 saturated heterocycles. The third kappa shape index (κ3) is 4.38. The van der Waals surface area contributed by atoms with E-state index in [0.29, 0.717) is 18.1 Å². The Hall–Kier alpha value is -3.28. The van der Waals surface area contributed by atoms with E-state index in [9.17, 15) is 9.18 Å². The van der Waals surface area contributed by atoms with Crippen molar-refractivity contribution < 1.29 is 9.18 Å². The minimum atomic E-state index is -0.349. The second-order valence-corrected chi connectivity index (χ2v) is 5.57. The molecule has 6 heteroatoms. The molecule has 1 N–H and O–H groups in total. The summed E-state index contributed by atoms with van der Waals surface area (Å²) >= 11 is 0. The summed E-state index contributed by atoms with van der Waals surface area (Å²) in [7, 11) is 1.72. The van der Waals surface area contributed by atoms with Crippen molar-refractivity contribution in [2.75, 3.05) is 12.4 Å². The number of benzene rings is 2. The first kappa shape index (κ1) is 16.6. The SMILES string of the molecule is CN(Cc1ccccc1)C(=O)c1cc(Nc2cccc(F)c2)ncn1. The summed E-state index contributed by atoms with van der Waals surface area (Å²) in [5, 5.41) is 2.97. The minimum absolute atomic E-state index is 0.214. The van der Waals surface area contributed by atoms with E-state index in [1.54, 1.807) is 30.1 Å². The topological polar surface area (TPSA) is 58.1 Å². The predicted octanol–water partition coefficient (Wildman–Crippen LogP) is 3.63. The van der Waals surface area contributed by atoms with Crippen molar-refractivity contribution in [3.8, 4) is 0 Å². The average Bonchev–Trinajstić information content (AvgIpc) is 2.62. The first-order chi connectivity index (χ1) is 12.1. The van der Waals surface area contributed by atoms with E-state index in [1.165, 1.54) is 18.5 Å². The van der Waals surface area contributed by atoms with Crippen LogP contribution >= 0.6 is 0 Å². The van der Waals surface area contributed by atoms with Gasteiger partial charge in [0.15, 0.2) is 0 Å². The highest BCUT2D eigenvalue weighted by molar-refractivity contribution is 5.92. The Kier molecular flexibility index (Phi) is 4.99. The van der Waals surface area contributed by atoms with Gasteiger partial charge in [0.2, 0.25) is 0 Å². The molecule has 0 aliphatic rings. The minimum Gasteiger partial charge on any atom is -0.340 e. The van der Waals surface area contributed by atoms with Gasteiger partial charge in [-0.2, -0.15) is 0 Å². The van der Waals surface area contributed by atoms with Gasteiger partial charge in [0.1, 0.15) is 23.7 Å². The van der Waals surface area contributed by atoms with Gasteiger partial charge in [-0.15, -0.1) is 0 Å². The third-order valence-corrected chi connectivity index (χ3v) is 3.59. The lowest BCUT2D eigenvalue weighted by Crippen LogP contribution is -2.27. The number of hydrogen-bond acceptors (Lipinski definition) is 4. The number of aromatic nitrogens is 2. The molecule has 5 nitrogen and oxygen atoms in total. The van der Waals surface area contributed by atoms with Gasteiger partial charge >= 0.3 is 0 Å². The number of anilines is 2. The molecule has 0 spiro atoms. The van der Waals surface area contributed by atoms with Crippen LogP contribution in [-0.2, 0) is 6.54 Å². The molecule has 0 unspecified atom stereocenters. The van der Waals surface area contributed by atoms with Crippen LogP contribution in [0, 0.1) is 5.82 Å². The lowest BCUT2D eigenvalue weighted by molar-refractivity contribution is 0.0779. The van der Waals surface area contributed by atoms with Crippen LogP contribution in [0.15, 0.2) is 67.0 Å². The van der Waals surface area contributed by atoms with Crippen molar-refractivity contribution >= 4 is 17.4 Å². The summed E-state index contributed by atoms with van der Waals surface area (Å²) in [5.74, 6) is -0.136. The van der Waals surface area contributed by atoms with Gasteiger partial charge in [0.05, 0.1) is 0 Å². The number of hydrogen-bond donors (Lipinski definition) is 1. The molecule has 3 rings (SSSR count). The van der Waals surface area contributed by atoms with Crippen molar-refractivity contribution in [1.82, 2.24) is 14.9 Å². The zero-order chi connectivity index (χ0) is 17.6. The summed E-state index contributed by atoms with van der Waals surface area (Å²) in [6.45, 7) is 0.482. The van der Waals surface area contributed by atoms with Gasteiger partial charge in [0, 0.05) is 25.3 Å². The Labute approximate surface area is 145 Å². The number of nitrogens with zero attached hydrogens (tertiary/aromatic N) is 3. The number of carbonyl (C=O) groups excluding carboxylic acids is 1. The summed E-state index contributed by atoms with van der Waals surface area (Å²) in [5.41, 5.74) is 1.85. The molecular formula is C19H17FN4O. The Morgan fingerprint density at radius 3 is 2.64 bits per heavy atom. The van der Waals surface area contributed by atoms with Crippen molar-refractivity contribution in [1.29, 1.82) is 0 Å². The van der Waals surface area contributed by atoms with Crippen molar-refractivity contribution in [3.63, 3.8) is 0 Å². The van der Waals surface area contributed by atoms with Crippen molar-refractivity contribution in [2.24, 2.45) is 0 Å². The average molecular weight is 336 g/mol. The fourth-order valence-corrected chi connectivity index (χ4v) is 2.38. The summed E-state index contributed by atoms with van der Waals surface area (Å²) in [6.07, 6.45) is 1.31. The number of halogens is 1. The van der Waals surface area contributed by atoms with E-state index in [-0.39, 0.29) is 17.4 Å². The van der Waals surface area contributed by atoms with Crippen molar-refractivity contribution in [2.45, 2.75) is 6.54 Å². The molecule has 25 heavy (non-hydrogen) atoms. The van der Waals surface area contributed by atoms with E-state index in [1.807, 2.05) is 30.3 Å². The first-order valence-electron chi connectivity index (χ1n) is 7.76. The molecule has 0 atom stereocenters. The fraction of sp³-hybridized carbons (Fsp3) is 0.105. The third-order valence-electron chi connectivity index (χ3n) is 3.59. The lowest BCUT2D eigenvalue weighted by Gasteiger charge is -2.17. The predicted molar refractivity (Wildman–Crippen MR) is 94.0 cm³/mol. The Morgan fingerprint density at radius 2 is 1.88 bits per heavy atom. The lowest BCUT2D eigenvalue weighted by atomic mass is 10.2. The Bertz CT molecular complexity index is 870. The molecule has 2 aromatic carbocycles. The van der Waals surface area contributed by atoms with Crippen molar-refractivity contribution in [3.05, 3.63) is 84.1 Å². The standard InChI is InChI=1S/C19H17FN4O/c1-24(12-14-6-3-2-4-7-14)19(25)17-11-18(22-13-21-17)23-16-9-5-8-15(20)10-16/h2-11,13H,12H2,1H3,(H,21,22,23). The number of nitrogens with one attached hydrogen (secondary N) is 1. The van der Waals surface area contributed by atoms with Crippen LogP contribution in [-0.4, -0.2) is 27.8 Å². The molecule has 126 valence electrons. The van der Waals surface area contributed by atoms with Crippen LogP contribution in [0.1, 0.15) is 16.1 Å². The van der Waals surface area contributed by atoms with E-state index >= 15 is 0 Å². The molecule has 1 aromatic heterocycles. The molecule has 0 radical (unpaired) electrons. The normalized spacial score (nSPS) is 10.3. The van der Waals surface area contributed by atoms with Gasteiger partial charge in [-0.3, -0.25) is 4.79 Å². The number of amides is 1. The number of rotatable bonds is 5. The Morgan fingerprint density at radius 1 is 1.08 bits per heavy atom. The van der Waals surface area contributed by atoms with Gasteiger partial charge < -0.3 is 10.2 Å². The van der Waals surface area contributed by atoms with Crippen LogP contribution in [0.25, 0.3) is 0 Å². The molecule has 0 saturated carbocycles. The summed E-state index contributed by atoms with van der Waals surface area (Å²) in [6, 6.07) is 17.3. The molecule has 0 fully saturated rings. The number of carbonyl (C=O) groups is 1. The van der Waals surface area contributed by atoms with Gasteiger partial charge in [0.25, 0.3) is 5.91 Å². The maximum Gasteiger partial charge on any atom is 0.272 e. The van der Waals surface area contributed by atoms with Crippen LogP contribution in [0.4, 0.5) is 15.9 Å². The van der Waals surface area contributed by atoms with Gasteiger partial charge in [-0.05, 0) is 23.8 Å². The summed E-state index contributed by atoms with van der Waals surface area (Å²) < 4.78 is 13.3. The van der Waals surface area contributed by atoms with Crippen LogP contribution in [0.3, 0.4) is 0 Å². The van der Waals surface area contributed by atoms with E-state index in [0.717, 1.165) is 5.56 Å². The van der Waals surface area contributed by atoms with Crippen LogP contribution < -0.4 is 5.32 Å². The summed E-state index contributed by atoms with van der Waals surface area (Å²) in [4.78, 5) is 22.3. The van der Waals surface area contributed by atoms with Crippen LogP contribution in [0.5, 0.6) is 0 Å². The molecule has 1 amide bonds. The maximum absolute atomic E-state index is 13.3. The highest BCUT2D eigenvalue weighted by Crippen LogP contribution is 2.16. The Balaban J connectivity index is 1.73. The van der Waals surface area contributed by atoms with E-state index in [2.05, 4.69) is 15.3 Å². The highest BCUT2D eigenvalue weighted by atomic mass is 19.1. The molecule has 3 aromatic rings. The maximum atomic E-state index is 13.3. The van der Waals surface area contributed by atoms with E-state index < -0.39 is 0 Å². The van der Waals surface area contributed by atoms with E-state index in [4.69, 9.17) is 0 Å². The fourth-order valence-electron chi connectivity index (χ4n) is 2.38. The second-order valence-electron chi connectivity index (χ2n) is 5.57. The molecule has 0 bridgehead atoms. The second kappa shape index (κ2) is 7.53. The molecule has 0 aliphatic heterocycles. The molecule has 0 aliphatic carbocycles. The van der Waals surface area contributed by atoms with Crippen LogP contribution in [0.2, 0.25) is 0 Å². The zero-order valence-electron chi connectivity index (χ0n) is 13.7. The van der Waals surface area contributed by atoms with Gasteiger partial charge in [-0.1, -0.05) is 36.4 Å². The monoisotopic (exact) mass is 336 g/mol. The first-order valence-corrected chi connectivity index (χ1v) is 7.76. The quantitative estimate of drug-likeness (QED) is 0.773. The largest absolute Gasteiger partial charge is 0.340 e. The highest BCUT2D eigenvalue weighted by Gasteiger charge is 2.14. The van der Waals surface area contributed by atoms with Gasteiger partial charge in [-0.25, -0.2) is 14.4 Å².